The zero-order valence-corrected chi connectivity index (χ0v) is 16.7. The molecule has 0 bridgehead atoms. The van der Waals surface area contributed by atoms with Crippen molar-refractivity contribution in [2.45, 2.75) is 59.0 Å². The van der Waals surface area contributed by atoms with Gasteiger partial charge in [0.05, 0.1) is 0 Å². The second-order valence-electron chi connectivity index (χ2n) is 5.69. The number of ether oxygens (including phenoxy) is 5. The number of hydrogen-bond donors (Lipinski definition) is 0. The first-order valence-corrected chi connectivity index (χ1v) is 8.33. The van der Waals surface area contributed by atoms with E-state index in [4.69, 9.17) is 23.7 Å². The molecule has 0 fully saturated rings. The fourth-order valence-electron chi connectivity index (χ4n) is 2.19. The maximum absolute atomic E-state index is 11.6. The summed E-state index contributed by atoms with van der Waals surface area (Å²) in [6, 6.07) is -1.36. The van der Waals surface area contributed by atoms with E-state index in [1.54, 1.807) is 0 Å². The minimum absolute atomic E-state index is 0.541. The predicted octanol–water partition coefficient (Wildman–Crippen LogP) is -0.388. The lowest BCUT2D eigenvalue weighted by atomic mass is 10.0. The molecule has 29 heavy (non-hydrogen) atoms. The molecule has 0 spiro atoms. The summed E-state index contributed by atoms with van der Waals surface area (Å²) in [4.78, 5) is 71.2. The van der Waals surface area contributed by atoms with Gasteiger partial charge >= 0.3 is 29.8 Å². The predicted molar refractivity (Wildman–Crippen MR) is 91.8 cm³/mol. The molecule has 0 saturated carbocycles. The van der Waals surface area contributed by atoms with Crippen molar-refractivity contribution in [2.75, 3.05) is 13.2 Å². The molecule has 0 aliphatic carbocycles. The van der Waals surface area contributed by atoms with Gasteiger partial charge < -0.3 is 23.7 Å². The average Bonchev–Trinajstić information content (AvgIpc) is 2.57. The third-order valence-corrected chi connectivity index (χ3v) is 3.12. The van der Waals surface area contributed by atoms with Gasteiger partial charge in [0.1, 0.15) is 19.3 Å². The quantitative estimate of drug-likeness (QED) is 0.186. The molecule has 0 N–H and O–H groups in total. The van der Waals surface area contributed by atoms with E-state index in [9.17, 15) is 28.8 Å². The van der Waals surface area contributed by atoms with E-state index in [0.29, 0.717) is 0 Å². The molecule has 0 radical (unpaired) electrons. The van der Waals surface area contributed by atoms with Crippen LogP contribution in [0.2, 0.25) is 0 Å². The van der Waals surface area contributed by atoms with Crippen LogP contribution >= 0.6 is 0 Å². The van der Waals surface area contributed by atoms with Crippen LogP contribution in [0.25, 0.3) is 0 Å². The molecule has 0 saturated heterocycles. The van der Waals surface area contributed by atoms with Crippen LogP contribution in [-0.2, 0) is 52.5 Å². The van der Waals surface area contributed by atoms with Gasteiger partial charge in [-0.1, -0.05) is 0 Å². The second-order valence-corrected chi connectivity index (χ2v) is 5.69. The van der Waals surface area contributed by atoms with Gasteiger partial charge in [-0.3, -0.25) is 24.0 Å². The summed E-state index contributed by atoms with van der Waals surface area (Å²) >= 11 is 0. The van der Waals surface area contributed by atoms with Crippen LogP contribution in [0.4, 0.5) is 0 Å². The standard InChI is InChI=1S/C17H23NO11/c1-9(20)25-6-14(18-8-19)16(28-12(4)23)17(29-13(5)24)15(27-11(3)22)7-26-10(2)21/h14-17H,6-7H2,1-5H3/t14-,15+,16+,17+/m0/s1. The van der Waals surface area contributed by atoms with E-state index in [2.05, 4.69) is 4.99 Å². The maximum atomic E-state index is 11.6. The number of aliphatic imine (C=N–C) groups is 1. The van der Waals surface area contributed by atoms with Gasteiger partial charge in [0.15, 0.2) is 18.3 Å². The summed E-state index contributed by atoms with van der Waals surface area (Å²) in [5.74, 6) is -4.01. The molecule has 0 aliphatic heterocycles. The summed E-state index contributed by atoms with van der Waals surface area (Å²) < 4.78 is 24.9. The summed E-state index contributed by atoms with van der Waals surface area (Å²) in [5.41, 5.74) is 0. The minimum atomic E-state index is -1.56. The Morgan fingerprint density at radius 2 is 1.14 bits per heavy atom. The van der Waals surface area contributed by atoms with Gasteiger partial charge in [-0.2, -0.15) is 4.99 Å². The van der Waals surface area contributed by atoms with E-state index in [1.165, 1.54) is 6.08 Å². The maximum Gasteiger partial charge on any atom is 0.303 e. The number of hydrogen-bond acceptors (Lipinski definition) is 12. The van der Waals surface area contributed by atoms with E-state index < -0.39 is 67.4 Å². The molecule has 0 aromatic carbocycles. The molecule has 4 atom stereocenters. The summed E-state index contributed by atoms with van der Waals surface area (Å²) in [6.07, 6.45) is -3.28. The molecular weight excluding hydrogens is 394 g/mol. The van der Waals surface area contributed by atoms with Gasteiger partial charge in [-0.25, -0.2) is 4.79 Å². The molecule has 0 aromatic rings. The Morgan fingerprint density at radius 3 is 1.55 bits per heavy atom. The van der Waals surface area contributed by atoms with Crippen molar-refractivity contribution in [1.82, 2.24) is 0 Å². The van der Waals surface area contributed by atoms with Gasteiger partial charge in [0.25, 0.3) is 0 Å². The fourth-order valence-corrected chi connectivity index (χ4v) is 2.19. The minimum Gasteiger partial charge on any atom is -0.463 e. The van der Waals surface area contributed by atoms with Crippen molar-refractivity contribution in [3.63, 3.8) is 0 Å². The number of nitrogens with zero attached hydrogens (tertiary/aromatic N) is 1. The molecule has 0 rings (SSSR count). The van der Waals surface area contributed by atoms with Crippen LogP contribution in [0.5, 0.6) is 0 Å². The van der Waals surface area contributed by atoms with E-state index in [-0.39, 0.29) is 0 Å². The molecule has 0 aliphatic rings. The largest absolute Gasteiger partial charge is 0.463 e. The van der Waals surface area contributed by atoms with E-state index >= 15 is 0 Å². The lowest BCUT2D eigenvalue weighted by Crippen LogP contribution is -2.52. The molecule has 162 valence electrons. The lowest BCUT2D eigenvalue weighted by molar-refractivity contribution is -0.192. The number of esters is 5. The third-order valence-electron chi connectivity index (χ3n) is 3.12. The lowest BCUT2D eigenvalue weighted by Gasteiger charge is -2.33. The smallest absolute Gasteiger partial charge is 0.303 e. The molecule has 0 aromatic heterocycles. The highest BCUT2D eigenvalue weighted by Gasteiger charge is 2.43. The zero-order valence-electron chi connectivity index (χ0n) is 16.7. The van der Waals surface area contributed by atoms with Gasteiger partial charge in [0, 0.05) is 34.6 Å². The molecular formula is C17H23NO11. The Labute approximate surface area is 166 Å². The Kier molecular flexibility index (Phi) is 11.5. The van der Waals surface area contributed by atoms with Gasteiger partial charge in [0.2, 0.25) is 6.08 Å². The number of carbonyl (C=O) groups is 5. The van der Waals surface area contributed by atoms with Gasteiger partial charge in [-0.15, -0.1) is 0 Å². The van der Waals surface area contributed by atoms with Crippen molar-refractivity contribution in [2.24, 2.45) is 4.99 Å². The topological polar surface area (TPSA) is 161 Å². The highest BCUT2D eigenvalue weighted by Crippen LogP contribution is 2.20. The van der Waals surface area contributed by atoms with Crippen molar-refractivity contribution < 1.29 is 52.5 Å². The highest BCUT2D eigenvalue weighted by atomic mass is 16.6. The SMILES string of the molecule is CC(=O)OC[C@H](N=C=O)[C@@H](OC(C)=O)[C@H](OC(C)=O)[C@@H](COC(C)=O)OC(C)=O. The first-order chi connectivity index (χ1) is 13.5. The Hall–Kier alpha value is -3.27. The molecule has 0 heterocycles. The first kappa shape index (κ1) is 25.7. The van der Waals surface area contributed by atoms with Crippen molar-refractivity contribution in [3.8, 4) is 0 Å². The molecule has 12 nitrogen and oxygen atoms in total. The third kappa shape index (κ3) is 11.2. The zero-order chi connectivity index (χ0) is 22.6. The van der Waals surface area contributed by atoms with Crippen LogP contribution in [-0.4, -0.2) is 73.5 Å². The van der Waals surface area contributed by atoms with Crippen LogP contribution in [0.3, 0.4) is 0 Å². The summed E-state index contributed by atoms with van der Waals surface area (Å²) in [6.45, 7) is 4.18. The number of isocyanates is 1. The van der Waals surface area contributed by atoms with E-state index in [1.807, 2.05) is 0 Å². The van der Waals surface area contributed by atoms with Crippen LogP contribution in [0.1, 0.15) is 34.6 Å². The van der Waals surface area contributed by atoms with Crippen LogP contribution in [0.15, 0.2) is 4.99 Å². The van der Waals surface area contributed by atoms with E-state index in [0.717, 1.165) is 34.6 Å². The van der Waals surface area contributed by atoms with Crippen LogP contribution in [0, 0.1) is 0 Å². The summed E-state index contributed by atoms with van der Waals surface area (Å²) in [5, 5.41) is 0. The second kappa shape index (κ2) is 13.0. The Morgan fingerprint density at radius 1 is 0.690 bits per heavy atom. The Balaban J connectivity index is 6.14. The van der Waals surface area contributed by atoms with Crippen LogP contribution < -0.4 is 0 Å². The average molecular weight is 417 g/mol. The molecule has 0 amide bonds. The monoisotopic (exact) mass is 417 g/mol. The fraction of sp³-hybridized carbons (Fsp3) is 0.647. The normalized spacial score (nSPS) is 14.1. The van der Waals surface area contributed by atoms with Gasteiger partial charge in [-0.05, 0) is 0 Å². The molecule has 12 heteroatoms. The van der Waals surface area contributed by atoms with Crippen molar-refractivity contribution >= 4 is 35.9 Å². The molecule has 0 unspecified atom stereocenters. The van der Waals surface area contributed by atoms with Crippen molar-refractivity contribution in [1.29, 1.82) is 0 Å². The number of carbonyl (C=O) groups excluding carboxylic acids is 6. The first-order valence-electron chi connectivity index (χ1n) is 8.33. The Bertz CT molecular complexity index is 668. The van der Waals surface area contributed by atoms with Crippen molar-refractivity contribution in [3.05, 3.63) is 0 Å². The highest BCUT2D eigenvalue weighted by molar-refractivity contribution is 5.69. The number of rotatable bonds is 11. The summed E-state index contributed by atoms with van der Waals surface area (Å²) in [7, 11) is 0.